The second-order valence-electron chi connectivity index (χ2n) is 7.01. The Morgan fingerprint density at radius 1 is 1.32 bits per heavy atom. The van der Waals surface area contributed by atoms with E-state index >= 15 is 0 Å². The van der Waals surface area contributed by atoms with Crippen molar-refractivity contribution in [3.63, 3.8) is 0 Å². The minimum atomic E-state index is 0.180. The zero-order chi connectivity index (χ0) is 17.8. The van der Waals surface area contributed by atoms with Crippen LogP contribution in [0.15, 0.2) is 18.3 Å². The molecule has 0 spiro atoms. The smallest absolute Gasteiger partial charge is 0.242 e. The molecule has 3 heterocycles. The second-order valence-corrected chi connectivity index (χ2v) is 7.01. The maximum absolute atomic E-state index is 12.9. The average Bonchev–Trinajstić information content (AvgIpc) is 3.29. The number of nitriles is 1. The first-order chi connectivity index (χ1) is 12.1. The van der Waals surface area contributed by atoms with Crippen LogP contribution in [0.2, 0.25) is 0 Å². The number of anilines is 1. The number of rotatable bonds is 5. The molecule has 0 aliphatic carbocycles. The standard InChI is InChI=1S/C19H27N5O/c1-3-23-10-4-6-16(23)17-7-5-11-24(17)19(25)14-22(2)18-9-8-15(12-20)13-21-18/h8-9,13,16-17H,3-7,10-11,14H2,1-2H3/t16-,17-/m1/s1. The first-order valence-electron chi connectivity index (χ1n) is 9.25. The highest BCUT2D eigenvalue weighted by Crippen LogP contribution is 2.30. The molecular formula is C19H27N5O. The van der Waals surface area contributed by atoms with Crippen LogP contribution in [0.25, 0.3) is 0 Å². The molecular weight excluding hydrogens is 314 g/mol. The summed E-state index contributed by atoms with van der Waals surface area (Å²) in [6.45, 7) is 5.64. The van der Waals surface area contributed by atoms with Crippen LogP contribution in [0.1, 0.15) is 38.2 Å². The van der Waals surface area contributed by atoms with E-state index in [2.05, 4.69) is 27.8 Å². The Kier molecular flexibility index (Phi) is 5.54. The Balaban J connectivity index is 1.64. The fourth-order valence-electron chi connectivity index (χ4n) is 4.24. The third-order valence-corrected chi connectivity index (χ3v) is 5.52. The summed E-state index contributed by atoms with van der Waals surface area (Å²) < 4.78 is 0. The number of likely N-dealkylation sites (tertiary alicyclic amines) is 2. The highest BCUT2D eigenvalue weighted by molar-refractivity contribution is 5.81. The van der Waals surface area contributed by atoms with E-state index in [-0.39, 0.29) is 5.91 Å². The minimum Gasteiger partial charge on any atom is -0.350 e. The van der Waals surface area contributed by atoms with Gasteiger partial charge in [0.2, 0.25) is 5.91 Å². The van der Waals surface area contributed by atoms with E-state index in [0.29, 0.717) is 24.2 Å². The molecule has 1 aromatic heterocycles. The van der Waals surface area contributed by atoms with Gasteiger partial charge >= 0.3 is 0 Å². The van der Waals surface area contributed by atoms with E-state index in [0.717, 1.165) is 38.3 Å². The molecule has 0 aromatic carbocycles. The van der Waals surface area contributed by atoms with Crippen molar-refractivity contribution in [2.24, 2.45) is 0 Å². The van der Waals surface area contributed by atoms with Crippen molar-refractivity contribution >= 4 is 11.7 Å². The SMILES string of the molecule is CCN1CCC[C@@H]1[C@H]1CCCN1C(=O)CN(C)c1ccc(C#N)cn1. The van der Waals surface area contributed by atoms with Crippen molar-refractivity contribution in [3.05, 3.63) is 23.9 Å². The van der Waals surface area contributed by atoms with Gasteiger partial charge in [-0.05, 0) is 50.9 Å². The van der Waals surface area contributed by atoms with Gasteiger partial charge in [0.1, 0.15) is 11.9 Å². The topological polar surface area (TPSA) is 63.5 Å². The molecule has 0 N–H and O–H groups in total. The summed E-state index contributed by atoms with van der Waals surface area (Å²) in [5.41, 5.74) is 0.531. The predicted octanol–water partition coefficient (Wildman–Crippen LogP) is 1.86. The van der Waals surface area contributed by atoms with Crippen molar-refractivity contribution in [2.75, 3.05) is 38.1 Å². The van der Waals surface area contributed by atoms with Crippen LogP contribution in [-0.2, 0) is 4.79 Å². The molecule has 1 amide bonds. The van der Waals surface area contributed by atoms with Gasteiger partial charge in [0.05, 0.1) is 12.1 Å². The first-order valence-corrected chi connectivity index (χ1v) is 9.25. The number of carbonyl (C=O) groups excluding carboxylic acids is 1. The third-order valence-electron chi connectivity index (χ3n) is 5.52. The molecule has 0 saturated carbocycles. The number of nitrogens with zero attached hydrogens (tertiary/aromatic N) is 5. The molecule has 3 rings (SSSR count). The van der Waals surface area contributed by atoms with Crippen molar-refractivity contribution in [2.45, 2.75) is 44.7 Å². The van der Waals surface area contributed by atoms with Gasteiger partial charge in [-0.25, -0.2) is 4.98 Å². The van der Waals surface area contributed by atoms with Crippen molar-refractivity contribution in [1.82, 2.24) is 14.8 Å². The summed E-state index contributed by atoms with van der Waals surface area (Å²) in [4.78, 5) is 23.7. The third kappa shape index (κ3) is 3.77. The Bertz CT molecular complexity index is 638. The van der Waals surface area contributed by atoms with Gasteiger partial charge in [-0.15, -0.1) is 0 Å². The molecule has 2 atom stereocenters. The molecule has 0 radical (unpaired) electrons. The molecule has 6 heteroatoms. The quantitative estimate of drug-likeness (QED) is 0.818. The zero-order valence-corrected chi connectivity index (χ0v) is 15.2. The van der Waals surface area contributed by atoms with Crippen LogP contribution in [0.3, 0.4) is 0 Å². The number of amides is 1. The largest absolute Gasteiger partial charge is 0.350 e. The molecule has 2 aliphatic heterocycles. The molecule has 2 fully saturated rings. The van der Waals surface area contributed by atoms with Crippen LogP contribution in [0.5, 0.6) is 0 Å². The number of aromatic nitrogens is 1. The maximum Gasteiger partial charge on any atom is 0.242 e. The van der Waals surface area contributed by atoms with E-state index in [4.69, 9.17) is 5.26 Å². The lowest BCUT2D eigenvalue weighted by Gasteiger charge is -2.35. The molecule has 0 bridgehead atoms. The van der Waals surface area contributed by atoms with Crippen molar-refractivity contribution in [1.29, 1.82) is 5.26 Å². The molecule has 1 aromatic rings. The lowest BCUT2D eigenvalue weighted by atomic mass is 10.0. The Labute approximate surface area is 150 Å². The van der Waals surface area contributed by atoms with Gasteiger partial charge in [-0.1, -0.05) is 6.92 Å². The second kappa shape index (κ2) is 7.83. The molecule has 2 aliphatic rings. The van der Waals surface area contributed by atoms with Crippen LogP contribution < -0.4 is 4.90 Å². The fraction of sp³-hybridized carbons (Fsp3) is 0.632. The highest BCUT2D eigenvalue weighted by atomic mass is 16.2. The zero-order valence-electron chi connectivity index (χ0n) is 15.2. The van der Waals surface area contributed by atoms with E-state index < -0.39 is 0 Å². The van der Waals surface area contributed by atoms with Crippen LogP contribution >= 0.6 is 0 Å². The molecule has 25 heavy (non-hydrogen) atoms. The first kappa shape index (κ1) is 17.7. The predicted molar refractivity (Wildman–Crippen MR) is 97.2 cm³/mol. The summed E-state index contributed by atoms with van der Waals surface area (Å²) in [5.74, 6) is 0.901. The van der Waals surface area contributed by atoms with Crippen molar-refractivity contribution < 1.29 is 4.79 Å². The minimum absolute atomic E-state index is 0.180. The Morgan fingerprint density at radius 3 is 2.76 bits per heavy atom. The van der Waals surface area contributed by atoms with Gasteiger partial charge in [0.15, 0.2) is 0 Å². The fourth-order valence-corrected chi connectivity index (χ4v) is 4.24. The number of pyridine rings is 1. The van der Waals surface area contributed by atoms with E-state index in [1.807, 2.05) is 11.9 Å². The van der Waals surface area contributed by atoms with Gasteiger partial charge in [-0.2, -0.15) is 5.26 Å². The van der Waals surface area contributed by atoms with Gasteiger partial charge < -0.3 is 9.80 Å². The van der Waals surface area contributed by atoms with E-state index in [9.17, 15) is 4.79 Å². The monoisotopic (exact) mass is 341 g/mol. The van der Waals surface area contributed by atoms with Crippen molar-refractivity contribution in [3.8, 4) is 6.07 Å². The summed E-state index contributed by atoms with van der Waals surface area (Å²) >= 11 is 0. The van der Waals surface area contributed by atoms with E-state index in [1.165, 1.54) is 12.8 Å². The molecule has 2 saturated heterocycles. The number of hydrogen-bond donors (Lipinski definition) is 0. The van der Waals surface area contributed by atoms with Crippen LogP contribution in [0.4, 0.5) is 5.82 Å². The summed E-state index contributed by atoms with van der Waals surface area (Å²) in [7, 11) is 1.88. The average molecular weight is 341 g/mol. The highest BCUT2D eigenvalue weighted by Gasteiger charge is 2.39. The van der Waals surface area contributed by atoms with Crippen LogP contribution in [-0.4, -0.2) is 66.0 Å². The number of carbonyl (C=O) groups is 1. The normalized spacial score (nSPS) is 23.6. The summed E-state index contributed by atoms with van der Waals surface area (Å²) in [6.07, 6.45) is 6.21. The lowest BCUT2D eigenvalue weighted by molar-refractivity contribution is -0.131. The Morgan fingerprint density at radius 2 is 2.08 bits per heavy atom. The van der Waals surface area contributed by atoms with Crippen LogP contribution in [0, 0.1) is 11.3 Å². The van der Waals surface area contributed by atoms with Gasteiger partial charge in [0, 0.05) is 31.9 Å². The Hall–Kier alpha value is -2.13. The number of likely N-dealkylation sites (N-methyl/N-ethyl adjacent to an activating group) is 2. The maximum atomic E-state index is 12.9. The lowest BCUT2D eigenvalue weighted by Crippen LogP contribution is -2.50. The molecule has 0 unspecified atom stereocenters. The summed E-state index contributed by atoms with van der Waals surface area (Å²) in [5, 5.41) is 8.86. The number of hydrogen-bond acceptors (Lipinski definition) is 5. The molecule has 6 nitrogen and oxygen atoms in total. The van der Waals surface area contributed by atoms with Gasteiger partial charge in [0.25, 0.3) is 0 Å². The molecule has 134 valence electrons. The summed E-state index contributed by atoms with van der Waals surface area (Å²) in [6, 6.07) is 6.48. The van der Waals surface area contributed by atoms with E-state index in [1.54, 1.807) is 18.3 Å². The van der Waals surface area contributed by atoms with Gasteiger partial charge in [-0.3, -0.25) is 9.69 Å².